The van der Waals surface area contributed by atoms with Gasteiger partial charge in [-0.2, -0.15) is 0 Å². The summed E-state index contributed by atoms with van der Waals surface area (Å²) in [5.74, 6) is -0.205. The molecule has 1 aliphatic heterocycles. The smallest absolute Gasteiger partial charge is 0.226 e. The van der Waals surface area contributed by atoms with Gasteiger partial charge in [0.05, 0.1) is 18.1 Å². The SMILES string of the molecule is C[C@@H]1Cc2cc(F)ccc2[C@@H](C)N1C(=O)CC1(O)CCCCC1. The molecule has 0 bridgehead atoms. The summed E-state index contributed by atoms with van der Waals surface area (Å²) < 4.78 is 13.5. The Bertz CT molecular complexity index is 595. The maximum Gasteiger partial charge on any atom is 0.226 e. The molecule has 23 heavy (non-hydrogen) atoms. The molecule has 0 unspecified atom stereocenters. The molecule has 1 fully saturated rings. The molecule has 0 saturated heterocycles. The lowest BCUT2D eigenvalue weighted by Gasteiger charge is -2.42. The van der Waals surface area contributed by atoms with Crippen molar-refractivity contribution in [2.24, 2.45) is 0 Å². The Morgan fingerprint density at radius 1 is 1.30 bits per heavy atom. The van der Waals surface area contributed by atoms with Crippen molar-refractivity contribution in [3.8, 4) is 0 Å². The average molecular weight is 319 g/mol. The van der Waals surface area contributed by atoms with Gasteiger partial charge < -0.3 is 10.0 Å². The Hall–Kier alpha value is -1.42. The number of rotatable bonds is 2. The lowest BCUT2D eigenvalue weighted by atomic mass is 9.81. The monoisotopic (exact) mass is 319 g/mol. The molecule has 0 spiro atoms. The highest BCUT2D eigenvalue weighted by molar-refractivity contribution is 5.78. The minimum atomic E-state index is -0.835. The van der Waals surface area contributed by atoms with E-state index < -0.39 is 5.60 Å². The summed E-state index contributed by atoms with van der Waals surface area (Å²) >= 11 is 0. The standard InChI is InChI=1S/C19H26FNO2/c1-13-10-15-11-16(20)6-7-17(15)14(2)21(13)18(22)12-19(23)8-4-3-5-9-19/h6-7,11,13-14,23H,3-5,8-10,12H2,1-2H3/t13-,14-/m1/s1. The highest BCUT2D eigenvalue weighted by Crippen LogP contribution is 2.36. The Labute approximate surface area is 137 Å². The maximum absolute atomic E-state index is 13.5. The number of halogens is 1. The third kappa shape index (κ3) is 3.27. The number of hydrogen-bond donors (Lipinski definition) is 1. The van der Waals surface area contributed by atoms with Crippen LogP contribution < -0.4 is 0 Å². The first-order chi connectivity index (χ1) is 10.9. The number of nitrogens with zero attached hydrogens (tertiary/aromatic N) is 1. The van der Waals surface area contributed by atoms with Gasteiger partial charge in [-0.25, -0.2) is 4.39 Å². The predicted molar refractivity (Wildman–Crippen MR) is 87.5 cm³/mol. The Morgan fingerprint density at radius 3 is 2.70 bits per heavy atom. The molecule has 1 heterocycles. The van der Waals surface area contributed by atoms with Gasteiger partial charge in [-0.3, -0.25) is 4.79 Å². The summed E-state index contributed by atoms with van der Waals surface area (Å²) in [6.07, 6.45) is 5.45. The second kappa shape index (κ2) is 6.23. The van der Waals surface area contributed by atoms with Crippen LogP contribution in [-0.4, -0.2) is 27.6 Å². The zero-order valence-corrected chi connectivity index (χ0v) is 14.0. The number of carbonyl (C=O) groups is 1. The lowest BCUT2D eigenvalue weighted by Crippen LogP contribution is -2.48. The van der Waals surface area contributed by atoms with Crippen molar-refractivity contribution >= 4 is 5.91 Å². The number of fused-ring (bicyclic) bond motifs is 1. The molecule has 2 aliphatic rings. The van der Waals surface area contributed by atoms with Gasteiger partial charge in [0.15, 0.2) is 0 Å². The molecule has 0 radical (unpaired) electrons. The number of hydrogen-bond acceptors (Lipinski definition) is 2. The van der Waals surface area contributed by atoms with Gasteiger partial charge >= 0.3 is 0 Å². The molecule has 4 heteroatoms. The molecule has 1 aromatic rings. The maximum atomic E-state index is 13.5. The van der Waals surface area contributed by atoms with E-state index in [0.29, 0.717) is 6.42 Å². The summed E-state index contributed by atoms with van der Waals surface area (Å²) in [6, 6.07) is 4.78. The number of amides is 1. The van der Waals surface area contributed by atoms with E-state index in [1.54, 1.807) is 12.1 Å². The first-order valence-electron chi connectivity index (χ1n) is 8.71. The lowest BCUT2D eigenvalue weighted by molar-refractivity contribution is -0.142. The first kappa shape index (κ1) is 16.4. The molecule has 1 aliphatic carbocycles. The normalized spacial score (nSPS) is 26.7. The molecule has 1 amide bonds. The third-order valence-electron chi connectivity index (χ3n) is 5.52. The Balaban J connectivity index is 1.79. The zero-order chi connectivity index (χ0) is 16.6. The quantitative estimate of drug-likeness (QED) is 0.902. The van der Waals surface area contributed by atoms with Gasteiger partial charge in [0.25, 0.3) is 0 Å². The van der Waals surface area contributed by atoms with Crippen LogP contribution in [0.25, 0.3) is 0 Å². The van der Waals surface area contributed by atoms with Crippen molar-refractivity contribution in [2.75, 3.05) is 0 Å². The summed E-state index contributed by atoms with van der Waals surface area (Å²) in [4.78, 5) is 14.7. The topological polar surface area (TPSA) is 40.5 Å². The molecule has 126 valence electrons. The largest absolute Gasteiger partial charge is 0.389 e. The van der Waals surface area contributed by atoms with Crippen LogP contribution in [0, 0.1) is 5.82 Å². The molecular weight excluding hydrogens is 293 g/mol. The van der Waals surface area contributed by atoms with E-state index in [4.69, 9.17) is 0 Å². The minimum Gasteiger partial charge on any atom is -0.389 e. The van der Waals surface area contributed by atoms with Crippen molar-refractivity contribution in [3.05, 3.63) is 35.1 Å². The van der Waals surface area contributed by atoms with Gasteiger partial charge in [0.2, 0.25) is 5.91 Å². The van der Waals surface area contributed by atoms with Crippen LogP contribution in [0.1, 0.15) is 69.5 Å². The van der Waals surface area contributed by atoms with Crippen molar-refractivity contribution in [2.45, 2.75) is 76.5 Å². The fourth-order valence-electron chi connectivity index (χ4n) is 4.33. The van der Waals surface area contributed by atoms with Crippen LogP contribution >= 0.6 is 0 Å². The second-order valence-corrected chi connectivity index (χ2v) is 7.34. The zero-order valence-electron chi connectivity index (χ0n) is 14.0. The molecule has 3 rings (SSSR count). The summed E-state index contributed by atoms with van der Waals surface area (Å²) in [5, 5.41) is 10.7. The second-order valence-electron chi connectivity index (χ2n) is 7.34. The number of carbonyl (C=O) groups excluding carboxylic acids is 1. The summed E-state index contributed by atoms with van der Waals surface area (Å²) in [5.41, 5.74) is 1.18. The highest BCUT2D eigenvalue weighted by atomic mass is 19.1. The van der Waals surface area contributed by atoms with E-state index in [1.165, 1.54) is 6.07 Å². The van der Waals surface area contributed by atoms with Crippen molar-refractivity contribution in [1.82, 2.24) is 4.90 Å². The third-order valence-corrected chi connectivity index (χ3v) is 5.52. The van der Waals surface area contributed by atoms with Gasteiger partial charge in [0, 0.05) is 6.04 Å². The van der Waals surface area contributed by atoms with Gasteiger partial charge in [-0.1, -0.05) is 25.3 Å². The van der Waals surface area contributed by atoms with E-state index >= 15 is 0 Å². The molecule has 1 aromatic carbocycles. The van der Waals surface area contributed by atoms with Crippen molar-refractivity contribution < 1.29 is 14.3 Å². The molecule has 2 atom stereocenters. The van der Waals surface area contributed by atoms with Crippen LogP contribution in [0.5, 0.6) is 0 Å². The van der Waals surface area contributed by atoms with E-state index in [0.717, 1.165) is 43.2 Å². The van der Waals surface area contributed by atoms with E-state index in [2.05, 4.69) is 0 Å². The molecule has 1 saturated carbocycles. The summed E-state index contributed by atoms with van der Waals surface area (Å²) in [6.45, 7) is 4.00. The Morgan fingerprint density at radius 2 is 2.00 bits per heavy atom. The minimum absolute atomic E-state index is 0.0179. The van der Waals surface area contributed by atoms with E-state index in [9.17, 15) is 14.3 Å². The van der Waals surface area contributed by atoms with Crippen LogP contribution in [0.2, 0.25) is 0 Å². The van der Waals surface area contributed by atoms with Crippen molar-refractivity contribution in [3.63, 3.8) is 0 Å². The molecule has 1 N–H and O–H groups in total. The van der Waals surface area contributed by atoms with Crippen molar-refractivity contribution in [1.29, 1.82) is 0 Å². The fraction of sp³-hybridized carbons (Fsp3) is 0.632. The predicted octanol–water partition coefficient (Wildman–Crippen LogP) is 3.75. The van der Waals surface area contributed by atoms with E-state index in [-0.39, 0.29) is 30.2 Å². The number of benzene rings is 1. The Kier molecular flexibility index (Phi) is 4.45. The van der Waals surface area contributed by atoms with E-state index in [1.807, 2.05) is 18.7 Å². The van der Waals surface area contributed by atoms with Crippen LogP contribution in [0.4, 0.5) is 4.39 Å². The molecular formula is C19H26FNO2. The number of aliphatic hydroxyl groups is 1. The highest BCUT2D eigenvalue weighted by Gasteiger charge is 2.38. The van der Waals surface area contributed by atoms with Gasteiger partial charge in [-0.05, 0) is 56.4 Å². The fourth-order valence-corrected chi connectivity index (χ4v) is 4.33. The average Bonchev–Trinajstić information content (AvgIpc) is 2.46. The van der Waals surface area contributed by atoms with Crippen LogP contribution in [0.15, 0.2) is 18.2 Å². The van der Waals surface area contributed by atoms with Gasteiger partial charge in [-0.15, -0.1) is 0 Å². The van der Waals surface area contributed by atoms with Crippen LogP contribution in [0.3, 0.4) is 0 Å². The summed E-state index contributed by atoms with van der Waals surface area (Å²) in [7, 11) is 0. The van der Waals surface area contributed by atoms with Crippen LogP contribution in [-0.2, 0) is 11.2 Å². The van der Waals surface area contributed by atoms with Gasteiger partial charge in [0.1, 0.15) is 5.82 Å². The molecule has 3 nitrogen and oxygen atoms in total. The first-order valence-corrected chi connectivity index (χ1v) is 8.71. The molecule has 0 aromatic heterocycles.